The molecule has 1 unspecified atom stereocenters. The summed E-state index contributed by atoms with van der Waals surface area (Å²) < 4.78 is 5.44. The quantitative estimate of drug-likeness (QED) is 0.532. The van der Waals surface area contributed by atoms with Gasteiger partial charge in [0.1, 0.15) is 0 Å². The maximum absolute atomic E-state index is 11.5. The average molecular weight is 223 g/mol. The van der Waals surface area contributed by atoms with Gasteiger partial charge in [0.05, 0.1) is 11.7 Å². The first-order valence-electron chi connectivity index (χ1n) is 5.64. The summed E-state index contributed by atoms with van der Waals surface area (Å²) in [5.74, 6) is -0.334. The molecule has 2 heterocycles. The van der Waals surface area contributed by atoms with Crippen LogP contribution in [-0.2, 0) is 14.3 Å². The molecule has 0 aromatic heterocycles. The minimum atomic E-state index is -0.182. The molecular formula is C12H17NO3. The molecule has 4 heteroatoms. The summed E-state index contributed by atoms with van der Waals surface area (Å²) in [5, 5.41) is 0. The van der Waals surface area contributed by atoms with Crippen LogP contribution >= 0.6 is 0 Å². The summed E-state index contributed by atoms with van der Waals surface area (Å²) in [7, 11) is 0. The van der Waals surface area contributed by atoms with E-state index in [1.54, 1.807) is 6.92 Å². The van der Waals surface area contributed by atoms with Crippen molar-refractivity contribution in [3.63, 3.8) is 0 Å². The predicted octanol–water partition coefficient (Wildman–Crippen LogP) is 1.26. The van der Waals surface area contributed by atoms with Crippen molar-refractivity contribution in [1.82, 2.24) is 4.90 Å². The molecule has 88 valence electrons. The smallest absolute Gasteiger partial charge is 0.256 e. The first-order valence-corrected chi connectivity index (χ1v) is 5.64. The van der Waals surface area contributed by atoms with Crippen molar-refractivity contribution in [2.75, 3.05) is 6.54 Å². The van der Waals surface area contributed by atoms with Crippen LogP contribution in [0.15, 0.2) is 11.6 Å². The highest BCUT2D eigenvalue weighted by Crippen LogP contribution is 2.38. The van der Waals surface area contributed by atoms with E-state index in [1.807, 2.05) is 0 Å². The highest BCUT2D eigenvalue weighted by Gasteiger charge is 2.46. The van der Waals surface area contributed by atoms with Gasteiger partial charge >= 0.3 is 0 Å². The number of hydrogen-bond acceptors (Lipinski definition) is 3. The van der Waals surface area contributed by atoms with Crippen LogP contribution in [0, 0.1) is 0 Å². The summed E-state index contributed by atoms with van der Waals surface area (Å²) in [4.78, 5) is 24.3. The molecule has 1 fully saturated rings. The average Bonchev–Trinajstić information content (AvgIpc) is 2.71. The summed E-state index contributed by atoms with van der Waals surface area (Å²) in [5.41, 5.74) is 0.528. The van der Waals surface area contributed by atoms with E-state index in [0.717, 1.165) is 12.8 Å². The Morgan fingerprint density at radius 2 is 2.06 bits per heavy atom. The van der Waals surface area contributed by atoms with Crippen molar-refractivity contribution < 1.29 is 14.3 Å². The van der Waals surface area contributed by atoms with Gasteiger partial charge in [0.15, 0.2) is 0 Å². The Balaban J connectivity index is 1.76. The fraction of sp³-hybridized carbons (Fsp3) is 0.667. The molecule has 1 atom stereocenters. The SMILES string of the molecule is CC1=CC(=O)N(CCCC2OC2(C)C)C1=O. The minimum Gasteiger partial charge on any atom is -0.367 e. The number of carbonyl (C=O) groups excluding carboxylic acids is 2. The van der Waals surface area contributed by atoms with Gasteiger partial charge in [-0.3, -0.25) is 14.5 Å². The number of hydrogen-bond donors (Lipinski definition) is 0. The van der Waals surface area contributed by atoms with Crippen LogP contribution in [0.5, 0.6) is 0 Å². The Morgan fingerprint density at radius 3 is 2.50 bits per heavy atom. The number of nitrogens with zero attached hydrogens (tertiary/aromatic N) is 1. The monoisotopic (exact) mass is 223 g/mol. The van der Waals surface area contributed by atoms with Crippen LogP contribution < -0.4 is 0 Å². The van der Waals surface area contributed by atoms with Gasteiger partial charge in [-0.05, 0) is 33.6 Å². The first kappa shape index (κ1) is 11.3. The molecule has 0 N–H and O–H groups in total. The number of imide groups is 1. The molecule has 0 aromatic rings. The standard InChI is InChI=1S/C12H17NO3/c1-8-7-10(14)13(11(8)15)6-4-5-9-12(2,3)16-9/h7,9H,4-6H2,1-3H3. The molecule has 4 nitrogen and oxygen atoms in total. The lowest BCUT2D eigenvalue weighted by Crippen LogP contribution is -2.32. The van der Waals surface area contributed by atoms with E-state index in [9.17, 15) is 9.59 Å². The molecule has 2 amide bonds. The molecule has 2 aliphatic heterocycles. The van der Waals surface area contributed by atoms with Crippen LogP contribution in [0.25, 0.3) is 0 Å². The lowest BCUT2D eigenvalue weighted by Gasteiger charge is -2.13. The lowest BCUT2D eigenvalue weighted by atomic mass is 10.1. The van der Waals surface area contributed by atoms with Gasteiger partial charge in [-0.2, -0.15) is 0 Å². The van der Waals surface area contributed by atoms with Gasteiger partial charge in [0, 0.05) is 18.2 Å². The van der Waals surface area contributed by atoms with Gasteiger partial charge in [0.25, 0.3) is 11.8 Å². The maximum atomic E-state index is 11.5. The molecule has 2 rings (SSSR count). The predicted molar refractivity (Wildman–Crippen MR) is 58.7 cm³/mol. The highest BCUT2D eigenvalue weighted by atomic mass is 16.6. The molecule has 16 heavy (non-hydrogen) atoms. The molecule has 0 spiro atoms. The Bertz CT molecular complexity index is 370. The summed E-state index contributed by atoms with van der Waals surface area (Å²) in [6, 6.07) is 0. The Kier molecular flexibility index (Phi) is 2.62. The zero-order valence-corrected chi connectivity index (χ0v) is 9.95. The van der Waals surface area contributed by atoms with Gasteiger partial charge in [-0.1, -0.05) is 0 Å². The van der Waals surface area contributed by atoms with Crippen molar-refractivity contribution in [2.24, 2.45) is 0 Å². The molecule has 1 saturated heterocycles. The third-order valence-corrected chi connectivity index (χ3v) is 3.20. The summed E-state index contributed by atoms with van der Waals surface area (Å²) in [6.45, 7) is 6.28. The van der Waals surface area contributed by atoms with Crippen LogP contribution in [0.2, 0.25) is 0 Å². The molecule has 2 aliphatic rings. The molecular weight excluding hydrogens is 206 g/mol. The molecule has 0 saturated carbocycles. The number of epoxide rings is 1. The normalized spacial score (nSPS) is 27.3. The Hall–Kier alpha value is -1.16. The van der Waals surface area contributed by atoms with Crippen molar-refractivity contribution >= 4 is 11.8 Å². The van der Waals surface area contributed by atoms with Crippen molar-refractivity contribution in [3.05, 3.63) is 11.6 Å². The minimum absolute atomic E-state index is 0.00675. The second-order valence-electron chi connectivity index (χ2n) is 4.97. The molecule has 0 bridgehead atoms. The van der Waals surface area contributed by atoms with E-state index in [-0.39, 0.29) is 23.5 Å². The van der Waals surface area contributed by atoms with Crippen LogP contribution in [0.4, 0.5) is 0 Å². The van der Waals surface area contributed by atoms with Gasteiger partial charge in [0.2, 0.25) is 0 Å². The van der Waals surface area contributed by atoms with E-state index in [4.69, 9.17) is 4.74 Å². The molecule has 0 radical (unpaired) electrons. The fourth-order valence-electron chi connectivity index (χ4n) is 2.02. The first-order chi connectivity index (χ1) is 7.42. The van der Waals surface area contributed by atoms with E-state index < -0.39 is 0 Å². The van der Waals surface area contributed by atoms with Crippen LogP contribution in [-0.4, -0.2) is 35.0 Å². The second-order valence-corrected chi connectivity index (χ2v) is 4.97. The van der Waals surface area contributed by atoms with Gasteiger partial charge < -0.3 is 4.74 Å². The number of rotatable bonds is 4. The van der Waals surface area contributed by atoms with Crippen molar-refractivity contribution in [3.8, 4) is 0 Å². The van der Waals surface area contributed by atoms with E-state index in [2.05, 4.69) is 13.8 Å². The van der Waals surface area contributed by atoms with Crippen LogP contribution in [0.1, 0.15) is 33.6 Å². The zero-order valence-electron chi connectivity index (χ0n) is 9.95. The fourth-order valence-corrected chi connectivity index (χ4v) is 2.02. The third-order valence-electron chi connectivity index (χ3n) is 3.20. The zero-order chi connectivity index (χ0) is 11.9. The van der Waals surface area contributed by atoms with E-state index >= 15 is 0 Å². The van der Waals surface area contributed by atoms with Crippen molar-refractivity contribution in [2.45, 2.75) is 45.3 Å². The third kappa shape index (κ3) is 2.02. The maximum Gasteiger partial charge on any atom is 0.256 e. The lowest BCUT2D eigenvalue weighted by molar-refractivity contribution is -0.137. The second kappa shape index (κ2) is 3.70. The van der Waals surface area contributed by atoms with Gasteiger partial charge in [-0.15, -0.1) is 0 Å². The van der Waals surface area contributed by atoms with E-state index in [0.29, 0.717) is 12.1 Å². The number of amides is 2. The Labute approximate surface area is 95.2 Å². The van der Waals surface area contributed by atoms with E-state index in [1.165, 1.54) is 11.0 Å². The highest BCUT2D eigenvalue weighted by molar-refractivity contribution is 6.15. The Morgan fingerprint density at radius 1 is 1.44 bits per heavy atom. The molecule has 0 aromatic carbocycles. The largest absolute Gasteiger partial charge is 0.367 e. The summed E-state index contributed by atoms with van der Waals surface area (Å²) in [6.07, 6.45) is 3.41. The topological polar surface area (TPSA) is 49.9 Å². The van der Waals surface area contributed by atoms with Crippen LogP contribution in [0.3, 0.4) is 0 Å². The number of ether oxygens (including phenoxy) is 1. The molecule has 0 aliphatic carbocycles. The van der Waals surface area contributed by atoms with Crippen molar-refractivity contribution in [1.29, 1.82) is 0 Å². The van der Waals surface area contributed by atoms with Gasteiger partial charge in [-0.25, -0.2) is 0 Å². The summed E-state index contributed by atoms with van der Waals surface area (Å²) >= 11 is 0. The number of carbonyl (C=O) groups is 2.